The van der Waals surface area contributed by atoms with Gasteiger partial charge in [0, 0.05) is 18.5 Å². The van der Waals surface area contributed by atoms with Gasteiger partial charge in [-0.1, -0.05) is 11.6 Å². The van der Waals surface area contributed by atoms with E-state index in [4.69, 9.17) is 16.3 Å². The normalized spacial score (nSPS) is 27.9. The van der Waals surface area contributed by atoms with Gasteiger partial charge in [0.25, 0.3) is 5.92 Å². The number of alkyl halides is 2. The number of carbonyl (C=O) groups excluding carboxylic acids is 1. The van der Waals surface area contributed by atoms with E-state index < -0.39 is 29.7 Å². The van der Waals surface area contributed by atoms with Gasteiger partial charge in [0.05, 0.1) is 0 Å². The van der Waals surface area contributed by atoms with E-state index in [0.29, 0.717) is 12.2 Å². The average molecular weight is 375 g/mol. The fraction of sp³-hybridized carbons (Fsp3) is 0.688. The van der Waals surface area contributed by atoms with Crippen molar-refractivity contribution in [1.29, 1.82) is 0 Å². The highest BCUT2D eigenvalue weighted by Crippen LogP contribution is 2.46. The number of fused-ring (bicyclic) bond motifs is 2. The third-order valence-electron chi connectivity index (χ3n) is 4.38. The zero-order valence-electron chi connectivity index (χ0n) is 14.3. The van der Waals surface area contributed by atoms with Crippen molar-refractivity contribution >= 4 is 23.5 Å². The van der Waals surface area contributed by atoms with Crippen LogP contribution in [0.15, 0.2) is 12.1 Å². The lowest BCUT2D eigenvalue weighted by Gasteiger charge is -2.39. The molecule has 0 spiro atoms. The van der Waals surface area contributed by atoms with Gasteiger partial charge < -0.3 is 10.1 Å². The number of amides is 1. The van der Waals surface area contributed by atoms with Gasteiger partial charge in [0.15, 0.2) is 5.15 Å². The van der Waals surface area contributed by atoms with E-state index in [-0.39, 0.29) is 24.0 Å². The Morgan fingerprint density at radius 2 is 2.08 bits per heavy atom. The van der Waals surface area contributed by atoms with Crippen molar-refractivity contribution in [1.82, 2.24) is 15.1 Å². The topological polar surface area (TPSA) is 67.3 Å². The van der Waals surface area contributed by atoms with E-state index in [9.17, 15) is 13.6 Å². The molecule has 2 fully saturated rings. The summed E-state index contributed by atoms with van der Waals surface area (Å²) in [5.74, 6) is -2.45. The molecule has 1 N–H and O–H groups in total. The molecule has 0 unspecified atom stereocenters. The molecule has 1 aromatic rings. The van der Waals surface area contributed by atoms with Gasteiger partial charge in [-0.3, -0.25) is 4.90 Å². The summed E-state index contributed by atoms with van der Waals surface area (Å²) in [6.07, 6.45) is -0.506. The number of anilines is 1. The van der Waals surface area contributed by atoms with E-state index in [1.165, 1.54) is 4.90 Å². The maximum atomic E-state index is 14.4. The SMILES string of the molecule is CC(C)(C)OC(=O)N1[C@H]2C[C@@H](Nc3ccc(Cl)nn3)C[C@@H]1C(F)(F)C2. The number of nitrogens with one attached hydrogen (secondary N) is 1. The molecular weight excluding hydrogens is 354 g/mol. The Kier molecular flexibility index (Phi) is 4.51. The summed E-state index contributed by atoms with van der Waals surface area (Å²) in [6.45, 7) is 5.16. The fourth-order valence-corrected chi connectivity index (χ4v) is 3.60. The largest absolute Gasteiger partial charge is 0.444 e. The summed E-state index contributed by atoms with van der Waals surface area (Å²) in [5.41, 5.74) is -0.722. The van der Waals surface area contributed by atoms with Crippen molar-refractivity contribution < 1.29 is 18.3 Å². The van der Waals surface area contributed by atoms with Crippen molar-refractivity contribution in [3.8, 4) is 0 Å². The Balaban J connectivity index is 1.73. The molecule has 2 saturated heterocycles. The molecule has 0 saturated carbocycles. The zero-order chi connectivity index (χ0) is 18.4. The summed E-state index contributed by atoms with van der Waals surface area (Å²) in [6, 6.07) is 1.25. The quantitative estimate of drug-likeness (QED) is 0.854. The number of aromatic nitrogens is 2. The zero-order valence-corrected chi connectivity index (χ0v) is 15.1. The van der Waals surface area contributed by atoms with E-state index in [0.717, 1.165) is 0 Å². The van der Waals surface area contributed by atoms with Crippen molar-refractivity contribution in [3.63, 3.8) is 0 Å². The number of ether oxygens (including phenoxy) is 1. The Bertz CT molecular complexity index is 651. The summed E-state index contributed by atoms with van der Waals surface area (Å²) < 4.78 is 34.1. The van der Waals surface area contributed by atoms with Gasteiger partial charge >= 0.3 is 6.09 Å². The molecule has 0 radical (unpaired) electrons. The Morgan fingerprint density at radius 1 is 1.36 bits per heavy atom. The maximum Gasteiger partial charge on any atom is 0.411 e. The first-order chi connectivity index (χ1) is 11.5. The molecule has 1 amide bonds. The molecule has 0 aliphatic carbocycles. The van der Waals surface area contributed by atoms with Gasteiger partial charge in [-0.05, 0) is 45.7 Å². The molecule has 2 bridgehead atoms. The van der Waals surface area contributed by atoms with Gasteiger partial charge in [0.2, 0.25) is 0 Å². The van der Waals surface area contributed by atoms with Crippen LogP contribution in [0.25, 0.3) is 0 Å². The Hall–Kier alpha value is -1.70. The van der Waals surface area contributed by atoms with E-state index >= 15 is 0 Å². The van der Waals surface area contributed by atoms with Crippen LogP contribution < -0.4 is 5.32 Å². The molecule has 138 valence electrons. The smallest absolute Gasteiger partial charge is 0.411 e. The number of hydrogen-bond donors (Lipinski definition) is 1. The maximum absolute atomic E-state index is 14.4. The summed E-state index contributed by atoms with van der Waals surface area (Å²) in [4.78, 5) is 13.6. The van der Waals surface area contributed by atoms with Crippen LogP contribution in [0, 0.1) is 0 Å². The highest BCUT2D eigenvalue weighted by atomic mass is 35.5. The molecule has 2 aliphatic rings. The molecule has 3 heterocycles. The molecular formula is C16H21ClF2N4O2. The Labute approximate surface area is 149 Å². The van der Waals surface area contributed by atoms with Crippen molar-refractivity contribution in [2.75, 3.05) is 5.32 Å². The van der Waals surface area contributed by atoms with Gasteiger partial charge in [0.1, 0.15) is 17.5 Å². The fourth-order valence-electron chi connectivity index (χ4n) is 3.49. The minimum atomic E-state index is -2.93. The minimum absolute atomic E-state index is 0.118. The third kappa shape index (κ3) is 3.94. The van der Waals surface area contributed by atoms with Crippen LogP contribution >= 0.6 is 11.6 Å². The average Bonchev–Trinajstić information content (AvgIpc) is 2.63. The van der Waals surface area contributed by atoms with Crippen LogP contribution in [0.2, 0.25) is 5.15 Å². The Morgan fingerprint density at radius 3 is 2.64 bits per heavy atom. The second-order valence-electron chi connectivity index (χ2n) is 7.58. The van der Waals surface area contributed by atoms with Crippen molar-refractivity contribution in [2.24, 2.45) is 0 Å². The molecule has 25 heavy (non-hydrogen) atoms. The number of rotatable bonds is 2. The molecule has 2 aliphatic heterocycles. The van der Waals surface area contributed by atoms with E-state index in [1.54, 1.807) is 32.9 Å². The van der Waals surface area contributed by atoms with Crippen molar-refractivity contribution in [2.45, 2.75) is 69.7 Å². The van der Waals surface area contributed by atoms with Gasteiger partial charge in [-0.15, -0.1) is 10.2 Å². The van der Waals surface area contributed by atoms with Crippen LogP contribution in [-0.2, 0) is 4.74 Å². The van der Waals surface area contributed by atoms with Crippen molar-refractivity contribution in [3.05, 3.63) is 17.3 Å². The van der Waals surface area contributed by atoms with Crippen LogP contribution in [0.3, 0.4) is 0 Å². The van der Waals surface area contributed by atoms with Crippen LogP contribution in [0.5, 0.6) is 0 Å². The van der Waals surface area contributed by atoms with Crippen LogP contribution in [0.4, 0.5) is 19.4 Å². The monoisotopic (exact) mass is 374 g/mol. The lowest BCUT2D eigenvalue weighted by molar-refractivity contribution is -0.0483. The van der Waals surface area contributed by atoms with Gasteiger partial charge in [-0.2, -0.15) is 0 Å². The number of carbonyl (C=O) groups is 1. The lowest BCUT2D eigenvalue weighted by atomic mass is 9.97. The lowest BCUT2D eigenvalue weighted by Crippen LogP contribution is -2.53. The van der Waals surface area contributed by atoms with Crippen LogP contribution in [0.1, 0.15) is 40.0 Å². The standard InChI is InChI=1S/C16H21ClF2N4O2/c1-15(2,3)25-14(24)23-10-6-9(7-11(23)16(18,19)8-10)20-13-5-4-12(17)21-22-13/h4-5,9-11H,6-8H2,1-3H3,(H,20,22)/t9-,10+,11-/m1/s1. The minimum Gasteiger partial charge on any atom is -0.444 e. The molecule has 6 nitrogen and oxygen atoms in total. The number of piperidine rings is 1. The number of halogens is 3. The summed E-state index contributed by atoms with van der Waals surface area (Å²) >= 11 is 5.70. The molecule has 9 heteroatoms. The molecule has 0 aromatic carbocycles. The summed E-state index contributed by atoms with van der Waals surface area (Å²) in [7, 11) is 0. The van der Waals surface area contributed by atoms with E-state index in [2.05, 4.69) is 15.5 Å². The highest BCUT2D eigenvalue weighted by Gasteiger charge is 2.60. The molecule has 1 aromatic heterocycles. The predicted octanol–water partition coefficient (Wildman–Crippen LogP) is 3.72. The third-order valence-corrected chi connectivity index (χ3v) is 4.58. The first-order valence-electron chi connectivity index (χ1n) is 8.20. The number of hydrogen-bond acceptors (Lipinski definition) is 5. The van der Waals surface area contributed by atoms with Gasteiger partial charge in [-0.25, -0.2) is 13.6 Å². The second-order valence-corrected chi connectivity index (χ2v) is 7.96. The van der Waals surface area contributed by atoms with E-state index in [1.807, 2.05) is 0 Å². The number of nitrogens with zero attached hydrogens (tertiary/aromatic N) is 3. The molecule has 3 rings (SSSR count). The first kappa shape index (κ1) is 18.1. The predicted molar refractivity (Wildman–Crippen MR) is 88.9 cm³/mol. The highest BCUT2D eigenvalue weighted by molar-refractivity contribution is 6.29. The second kappa shape index (κ2) is 6.23. The first-order valence-corrected chi connectivity index (χ1v) is 8.58. The molecule has 3 atom stereocenters. The summed E-state index contributed by atoms with van der Waals surface area (Å²) in [5, 5.41) is 11.0. The van der Waals surface area contributed by atoms with Crippen LogP contribution in [-0.4, -0.2) is 50.8 Å².